The second-order valence-corrected chi connectivity index (χ2v) is 9.30. The molecule has 1 heterocycles. The molecule has 2 bridgehead atoms. The molecule has 0 atom stereocenters. The fourth-order valence-corrected chi connectivity index (χ4v) is 6.71. The first-order valence-electron chi connectivity index (χ1n) is 7.31. The lowest BCUT2D eigenvalue weighted by Crippen LogP contribution is -2.76. The van der Waals surface area contributed by atoms with Crippen LogP contribution >= 0.6 is 0 Å². The van der Waals surface area contributed by atoms with Crippen molar-refractivity contribution in [3.63, 3.8) is 0 Å². The molecule has 1 aliphatic heterocycles. The summed E-state index contributed by atoms with van der Waals surface area (Å²) in [6, 6.07) is 3.89. The van der Waals surface area contributed by atoms with E-state index in [0.717, 1.165) is 37.4 Å². The van der Waals surface area contributed by atoms with Crippen LogP contribution in [0.25, 0.3) is 0 Å². The van der Waals surface area contributed by atoms with Gasteiger partial charge < -0.3 is 5.32 Å². The number of sulfone groups is 1. The molecule has 0 radical (unpaired) electrons. The molecular formula is C15H16F3NO2S. The van der Waals surface area contributed by atoms with Crippen LogP contribution in [0, 0.1) is 11.3 Å². The Bertz CT molecular complexity index is 700. The number of hydrogen-bond acceptors (Lipinski definition) is 3. The Morgan fingerprint density at radius 3 is 2.00 bits per heavy atom. The highest BCUT2D eigenvalue weighted by Gasteiger charge is 2.76. The molecule has 7 heteroatoms. The summed E-state index contributed by atoms with van der Waals surface area (Å²) in [6.07, 6.45) is -2.46. The average molecular weight is 331 g/mol. The molecule has 120 valence electrons. The van der Waals surface area contributed by atoms with E-state index in [1.54, 1.807) is 0 Å². The average Bonchev–Trinajstić information content (AvgIpc) is 2.28. The molecule has 0 unspecified atom stereocenters. The third-order valence-electron chi connectivity index (χ3n) is 5.73. The van der Waals surface area contributed by atoms with E-state index in [2.05, 4.69) is 5.32 Å². The molecule has 0 amide bonds. The van der Waals surface area contributed by atoms with Gasteiger partial charge in [-0.2, -0.15) is 13.2 Å². The minimum absolute atomic E-state index is 0.0144. The zero-order chi connectivity index (χ0) is 15.8. The summed E-state index contributed by atoms with van der Waals surface area (Å²) in [4.78, 5) is 0.0144. The molecule has 1 N–H and O–H groups in total. The Hall–Kier alpha value is -1.08. The quantitative estimate of drug-likeness (QED) is 0.926. The highest BCUT2D eigenvalue weighted by molar-refractivity contribution is 7.93. The molecule has 4 fully saturated rings. The van der Waals surface area contributed by atoms with Crippen LogP contribution in [0.5, 0.6) is 0 Å². The van der Waals surface area contributed by atoms with E-state index in [4.69, 9.17) is 0 Å². The first-order chi connectivity index (χ1) is 10.2. The number of alkyl halides is 3. The van der Waals surface area contributed by atoms with E-state index in [-0.39, 0.29) is 10.3 Å². The van der Waals surface area contributed by atoms with Crippen LogP contribution in [0.4, 0.5) is 13.2 Å². The highest BCUT2D eigenvalue weighted by atomic mass is 32.2. The van der Waals surface area contributed by atoms with Gasteiger partial charge in [0.05, 0.1) is 15.2 Å². The summed E-state index contributed by atoms with van der Waals surface area (Å²) in [5.74, 6) is 0.567. The van der Waals surface area contributed by atoms with Crippen molar-refractivity contribution < 1.29 is 21.6 Å². The SMILES string of the molecule is O=S(=O)(c1ccc(C(F)(F)F)cc1)C12CC(C3CNC3)(C1)C2. The van der Waals surface area contributed by atoms with Crippen LogP contribution in [0.1, 0.15) is 24.8 Å². The van der Waals surface area contributed by atoms with E-state index < -0.39 is 26.3 Å². The van der Waals surface area contributed by atoms with Gasteiger partial charge in [-0.1, -0.05) is 0 Å². The smallest absolute Gasteiger partial charge is 0.316 e. The number of benzene rings is 1. The second-order valence-electron chi connectivity index (χ2n) is 6.96. The third-order valence-corrected chi connectivity index (χ3v) is 8.20. The van der Waals surface area contributed by atoms with Crippen molar-refractivity contribution in [1.29, 1.82) is 0 Å². The Kier molecular flexibility index (Phi) is 2.68. The summed E-state index contributed by atoms with van der Waals surface area (Å²) in [5, 5.41) is 3.21. The van der Waals surface area contributed by atoms with Crippen molar-refractivity contribution in [3.8, 4) is 0 Å². The number of halogens is 3. The van der Waals surface area contributed by atoms with E-state index in [9.17, 15) is 21.6 Å². The first-order valence-corrected chi connectivity index (χ1v) is 8.80. The van der Waals surface area contributed by atoms with Crippen molar-refractivity contribution in [2.75, 3.05) is 13.1 Å². The van der Waals surface area contributed by atoms with Crippen LogP contribution in [-0.4, -0.2) is 26.3 Å². The van der Waals surface area contributed by atoms with Crippen LogP contribution < -0.4 is 5.32 Å². The standard InChI is InChI=1S/C15H16F3NO2S/c16-15(17,18)10-1-3-12(4-2-10)22(20,21)14-7-13(8-14,9-14)11-5-19-6-11/h1-4,11,19H,5-9H2. The van der Waals surface area contributed by atoms with E-state index >= 15 is 0 Å². The third kappa shape index (κ3) is 1.69. The maximum Gasteiger partial charge on any atom is 0.416 e. The van der Waals surface area contributed by atoms with Crippen LogP contribution in [0.2, 0.25) is 0 Å². The minimum atomic E-state index is -4.44. The maximum atomic E-state index is 12.7. The number of rotatable bonds is 3. The van der Waals surface area contributed by atoms with Gasteiger partial charge in [-0.3, -0.25) is 0 Å². The summed E-state index contributed by atoms with van der Waals surface area (Å²) >= 11 is 0. The van der Waals surface area contributed by atoms with Gasteiger partial charge in [0, 0.05) is 0 Å². The van der Waals surface area contributed by atoms with Crippen molar-refractivity contribution >= 4 is 9.84 Å². The molecule has 5 rings (SSSR count). The molecular weight excluding hydrogens is 315 g/mol. The van der Waals surface area contributed by atoms with E-state index in [0.29, 0.717) is 25.2 Å². The molecule has 22 heavy (non-hydrogen) atoms. The monoisotopic (exact) mass is 331 g/mol. The molecule has 0 aromatic heterocycles. The van der Waals surface area contributed by atoms with Gasteiger partial charge in [-0.15, -0.1) is 0 Å². The van der Waals surface area contributed by atoms with Crippen molar-refractivity contribution in [2.24, 2.45) is 11.3 Å². The Labute approximate surface area is 126 Å². The van der Waals surface area contributed by atoms with E-state index in [1.807, 2.05) is 0 Å². The van der Waals surface area contributed by atoms with Gasteiger partial charge >= 0.3 is 6.18 Å². The van der Waals surface area contributed by atoms with Crippen molar-refractivity contribution in [2.45, 2.75) is 35.1 Å². The largest absolute Gasteiger partial charge is 0.416 e. The zero-order valence-electron chi connectivity index (χ0n) is 11.8. The van der Waals surface area contributed by atoms with Gasteiger partial charge in [0.1, 0.15) is 0 Å². The lowest BCUT2D eigenvalue weighted by molar-refractivity contribution is -0.142. The first kappa shape index (κ1) is 14.5. The van der Waals surface area contributed by atoms with Gasteiger partial charge in [0.15, 0.2) is 9.84 Å². The highest BCUT2D eigenvalue weighted by Crippen LogP contribution is 2.75. The molecule has 1 aromatic rings. The minimum Gasteiger partial charge on any atom is -0.316 e. The van der Waals surface area contributed by atoms with Crippen LogP contribution in [0.3, 0.4) is 0 Å². The summed E-state index contributed by atoms with van der Waals surface area (Å²) in [6.45, 7) is 1.91. The van der Waals surface area contributed by atoms with Gasteiger partial charge in [0.25, 0.3) is 0 Å². The summed E-state index contributed by atoms with van der Waals surface area (Å²) in [5.41, 5.74) is -0.648. The van der Waals surface area contributed by atoms with E-state index in [1.165, 1.54) is 0 Å². The maximum absolute atomic E-state index is 12.7. The fourth-order valence-electron chi connectivity index (χ4n) is 4.28. The summed E-state index contributed by atoms with van der Waals surface area (Å²) in [7, 11) is -3.54. The molecule has 1 aromatic carbocycles. The second kappa shape index (κ2) is 4.06. The Balaban J connectivity index is 1.56. The predicted molar refractivity (Wildman–Crippen MR) is 74.0 cm³/mol. The fraction of sp³-hybridized carbons (Fsp3) is 0.600. The summed E-state index contributed by atoms with van der Waals surface area (Å²) < 4.78 is 62.4. The molecule has 1 saturated heterocycles. The van der Waals surface area contributed by atoms with Crippen LogP contribution in [-0.2, 0) is 16.0 Å². The lowest BCUT2D eigenvalue weighted by atomic mass is 9.38. The van der Waals surface area contributed by atoms with Crippen molar-refractivity contribution in [1.82, 2.24) is 5.32 Å². The number of hydrogen-bond donors (Lipinski definition) is 1. The normalized spacial score (nSPS) is 34.5. The Morgan fingerprint density at radius 1 is 1.05 bits per heavy atom. The molecule has 3 nitrogen and oxygen atoms in total. The topological polar surface area (TPSA) is 46.2 Å². The molecule has 3 saturated carbocycles. The molecule has 0 spiro atoms. The van der Waals surface area contributed by atoms with Gasteiger partial charge in [-0.05, 0) is 68.0 Å². The zero-order valence-corrected chi connectivity index (χ0v) is 12.6. The van der Waals surface area contributed by atoms with Gasteiger partial charge in [-0.25, -0.2) is 8.42 Å². The molecule has 4 aliphatic rings. The van der Waals surface area contributed by atoms with Crippen LogP contribution in [0.15, 0.2) is 29.2 Å². The van der Waals surface area contributed by atoms with Gasteiger partial charge in [0.2, 0.25) is 0 Å². The van der Waals surface area contributed by atoms with Crippen molar-refractivity contribution in [3.05, 3.63) is 29.8 Å². The predicted octanol–water partition coefficient (Wildman–Crippen LogP) is 2.62. The molecule has 3 aliphatic carbocycles. The Morgan fingerprint density at radius 2 is 1.59 bits per heavy atom. The number of nitrogens with one attached hydrogen (secondary N) is 1. The lowest BCUT2D eigenvalue weighted by Gasteiger charge is -2.73.